The van der Waals surface area contributed by atoms with Crippen LogP contribution in [0.15, 0.2) is 29.3 Å². The van der Waals surface area contributed by atoms with Gasteiger partial charge in [0.2, 0.25) is 5.91 Å². The van der Waals surface area contributed by atoms with E-state index in [1.165, 1.54) is 6.21 Å². The summed E-state index contributed by atoms with van der Waals surface area (Å²) in [5, 5.41) is 8.84. The second-order valence-electron chi connectivity index (χ2n) is 3.58. The SMILES string of the molecule is CC.COc1ccc(C=NC(CC(N)=O)C(=O)O)cc1. The Morgan fingerprint density at radius 2 is 1.90 bits per heavy atom. The first-order valence-corrected chi connectivity index (χ1v) is 6.21. The molecule has 0 aromatic heterocycles. The molecule has 20 heavy (non-hydrogen) atoms. The van der Waals surface area contributed by atoms with Gasteiger partial charge in [-0.1, -0.05) is 13.8 Å². The van der Waals surface area contributed by atoms with Crippen molar-refractivity contribution in [2.24, 2.45) is 10.7 Å². The van der Waals surface area contributed by atoms with Crippen LogP contribution >= 0.6 is 0 Å². The molecule has 0 saturated heterocycles. The first-order chi connectivity index (χ1) is 9.52. The smallest absolute Gasteiger partial charge is 0.328 e. The number of primary amides is 1. The van der Waals surface area contributed by atoms with Crippen molar-refractivity contribution in [1.29, 1.82) is 0 Å². The molecular weight excluding hydrogens is 260 g/mol. The molecule has 1 unspecified atom stereocenters. The molecule has 0 aliphatic rings. The van der Waals surface area contributed by atoms with Gasteiger partial charge in [-0.25, -0.2) is 4.79 Å². The molecule has 0 spiro atoms. The van der Waals surface area contributed by atoms with E-state index in [0.717, 1.165) is 0 Å². The van der Waals surface area contributed by atoms with E-state index in [4.69, 9.17) is 15.6 Å². The first-order valence-electron chi connectivity index (χ1n) is 6.21. The summed E-state index contributed by atoms with van der Waals surface area (Å²) in [7, 11) is 1.55. The van der Waals surface area contributed by atoms with Gasteiger partial charge >= 0.3 is 5.97 Å². The molecule has 0 bridgehead atoms. The fraction of sp³-hybridized carbons (Fsp3) is 0.357. The number of carbonyl (C=O) groups is 2. The number of carboxylic acids is 1. The van der Waals surface area contributed by atoms with E-state index in [9.17, 15) is 9.59 Å². The average Bonchev–Trinajstić information content (AvgIpc) is 2.45. The highest BCUT2D eigenvalue weighted by Crippen LogP contribution is 2.10. The number of rotatable bonds is 6. The molecule has 6 heteroatoms. The minimum Gasteiger partial charge on any atom is -0.497 e. The summed E-state index contributed by atoms with van der Waals surface area (Å²) in [6, 6.07) is 5.76. The van der Waals surface area contributed by atoms with Crippen LogP contribution in [0.25, 0.3) is 0 Å². The number of nitrogens with zero attached hydrogens (tertiary/aromatic N) is 1. The lowest BCUT2D eigenvalue weighted by atomic mass is 10.2. The monoisotopic (exact) mass is 280 g/mol. The van der Waals surface area contributed by atoms with Crippen LogP contribution in [0.1, 0.15) is 25.8 Å². The Bertz CT molecular complexity index is 455. The molecule has 1 aromatic rings. The zero-order valence-electron chi connectivity index (χ0n) is 11.9. The number of aliphatic carboxylic acids is 1. The molecule has 0 radical (unpaired) electrons. The van der Waals surface area contributed by atoms with Crippen LogP contribution in [-0.4, -0.2) is 36.3 Å². The van der Waals surface area contributed by atoms with Crippen LogP contribution < -0.4 is 10.5 Å². The van der Waals surface area contributed by atoms with Gasteiger partial charge in [-0.15, -0.1) is 0 Å². The van der Waals surface area contributed by atoms with E-state index >= 15 is 0 Å². The summed E-state index contributed by atoms with van der Waals surface area (Å²) in [4.78, 5) is 25.3. The minimum atomic E-state index is -1.18. The fourth-order valence-corrected chi connectivity index (χ4v) is 1.26. The Morgan fingerprint density at radius 1 is 1.35 bits per heavy atom. The maximum absolute atomic E-state index is 10.8. The van der Waals surface area contributed by atoms with E-state index < -0.39 is 17.9 Å². The predicted molar refractivity (Wildman–Crippen MR) is 77.2 cm³/mol. The molecule has 0 aliphatic heterocycles. The Kier molecular flexibility index (Phi) is 8.41. The topological polar surface area (TPSA) is 102 Å². The van der Waals surface area contributed by atoms with Gasteiger partial charge in [0.1, 0.15) is 5.75 Å². The van der Waals surface area contributed by atoms with Gasteiger partial charge in [-0.3, -0.25) is 9.79 Å². The van der Waals surface area contributed by atoms with Crippen molar-refractivity contribution in [1.82, 2.24) is 0 Å². The number of aliphatic imine (C=N–C) groups is 1. The summed E-state index contributed by atoms with van der Waals surface area (Å²) >= 11 is 0. The van der Waals surface area contributed by atoms with Crippen LogP contribution in [0.5, 0.6) is 5.75 Å². The molecule has 6 nitrogen and oxygen atoms in total. The lowest BCUT2D eigenvalue weighted by molar-refractivity contribution is -0.140. The number of hydrogen-bond donors (Lipinski definition) is 2. The number of nitrogens with two attached hydrogens (primary N) is 1. The summed E-state index contributed by atoms with van der Waals surface area (Å²) in [6.07, 6.45) is 1.07. The second kappa shape index (κ2) is 9.55. The number of ether oxygens (including phenoxy) is 1. The molecule has 1 amide bonds. The number of carbonyl (C=O) groups excluding carboxylic acids is 1. The average molecular weight is 280 g/mol. The molecular formula is C14H20N2O4. The minimum absolute atomic E-state index is 0.317. The second-order valence-corrected chi connectivity index (χ2v) is 3.58. The molecule has 3 N–H and O–H groups in total. The van der Waals surface area contributed by atoms with E-state index in [0.29, 0.717) is 11.3 Å². The number of hydrogen-bond acceptors (Lipinski definition) is 4. The zero-order valence-corrected chi connectivity index (χ0v) is 11.9. The van der Waals surface area contributed by atoms with Crippen molar-refractivity contribution in [3.8, 4) is 5.75 Å². The lowest BCUT2D eigenvalue weighted by Crippen LogP contribution is -2.25. The highest BCUT2D eigenvalue weighted by atomic mass is 16.5. The normalized spacial score (nSPS) is 11.3. The Labute approximate surface area is 118 Å². The highest BCUT2D eigenvalue weighted by molar-refractivity contribution is 5.87. The summed E-state index contributed by atoms with van der Waals surface area (Å²) < 4.78 is 4.99. The van der Waals surface area contributed by atoms with E-state index in [2.05, 4.69) is 4.99 Å². The van der Waals surface area contributed by atoms with Crippen LogP contribution in [0.3, 0.4) is 0 Å². The number of benzene rings is 1. The van der Waals surface area contributed by atoms with Crippen molar-refractivity contribution < 1.29 is 19.4 Å². The van der Waals surface area contributed by atoms with Gasteiger partial charge in [-0.05, 0) is 29.8 Å². The Morgan fingerprint density at radius 3 is 2.30 bits per heavy atom. The molecule has 0 saturated carbocycles. The Balaban J connectivity index is 0.00000172. The highest BCUT2D eigenvalue weighted by Gasteiger charge is 2.17. The van der Waals surface area contributed by atoms with Crippen molar-refractivity contribution in [3.05, 3.63) is 29.8 Å². The van der Waals surface area contributed by atoms with E-state index in [1.54, 1.807) is 31.4 Å². The first kappa shape index (κ1) is 17.6. The summed E-state index contributed by atoms with van der Waals surface area (Å²) in [5.74, 6) is -1.19. The predicted octanol–water partition coefficient (Wildman–Crippen LogP) is 1.47. The van der Waals surface area contributed by atoms with Crippen LogP contribution in [0.4, 0.5) is 0 Å². The molecule has 1 aromatic carbocycles. The van der Waals surface area contributed by atoms with Crippen LogP contribution in [-0.2, 0) is 9.59 Å². The molecule has 1 rings (SSSR count). The molecule has 0 aliphatic carbocycles. The van der Waals surface area contributed by atoms with E-state index in [-0.39, 0.29) is 6.42 Å². The van der Waals surface area contributed by atoms with E-state index in [1.807, 2.05) is 13.8 Å². The van der Waals surface area contributed by atoms with Gasteiger partial charge < -0.3 is 15.6 Å². The van der Waals surface area contributed by atoms with Gasteiger partial charge in [0.05, 0.1) is 13.5 Å². The molecule has 0 fully saturated rings. The summed E-state index contributed by atoms with van der Waals surface area (Å²) in [5.41, 5.74) is 5.66. The third-order valence-electron chi connectivity index (χ3n) is 2.20. The van der Waals surface area contributed by atoms with Crippen molar-refractivity contribution in [3.63, 3.8) is 0 Å². The van der Waals surface area contributed by atoms with Crippen molar-refractivity contribution >= 4 is 18.1 Å². The maximum Gasteiger partial charge on any atom is 0.328 e. The number of carboxylic acid groups (broad SMARTS) is 1. The third kappa shape index (κ3) is 6.53. The third-order valence-corrected chi connectivity index (χ3v) is 2.20. The molecule has 0 heterocycles. The van der Waals surface area contributed by atoms with Gasteiger partial charge in [-0.2, -0.15) is 0 Å². The van der Waals surface area contributed by atoms with Gasteiger partial charge in [0.15, 0.2) is 6.04 Å². The quantitative estimate of drug-likeness (QED) is 0.770. The van der Waals surface area contributed by atoms with Crippen molar-refractivity contribution in [2.45, 2.75) is 26.3 Å². The largest absolute Gasteiger partial charge is 0.497 e. The Hall–Kier alpha value is -2.37. The zero-order chi connectivity index (χ0) is 15.5. The lowest BCUT2D eigenvalue weighted by Gasteiger charge is -2.04. The van der Waals surface area contributed by atoms with Crippen LogP contribution in [0, 0.1) is 0 Å². The number of amides is 1. The maximum atomic E-state index is 10.8. The van der Waals surface area contributed by atoms with Crippen LogP contribution in [0.2, 0.25) is 0 Å². The van der Waals surface area contributed by atoms with Gasteiger partial charge in [0, 0.05) is 6.21 Å². The molecule has 110 valence electrons. The number of methoxy groups -OCH3 is 1. The summed E-state index contributed by atoms with van der Waals surface area (Å²) in [6.45, 7) is 4.00. The van der Waals surface area contributed by atoms with Gasteiger partial charge in [0.25, 0.3) is 0 Å². The molecule has 1 atom stereocenters. The standard InChI is InChI=1S/C12H14N2O4.C2H6/c1-18-9-4-2-8(3-5-9)7-14-10(12(16)17)6-11(13)15;1-2/h2-5,7,10H,6H2,1H3,(H2,13,15)(H,16,17);1-2H3. The van der Waals surface area contributed by atoms with Crippen molar-refractivity contribution in [2.75, 3.05) is 7.11 Å². The fourth-order valence-electron chi connectivity index (χ4n) is 1.26.